The summed E-state index contributed by atoms with van der Waals surface area (Å²) in [6.45, 7) is 1.41. The lowest BCUT2D eigenvalue weighted by molar-refractivity contribution is -0.126. The molecule has 0 radical (unpaired) electrons. The van der Waals surface area contributed by atoms with Crippen LogP contribution in [-0.4, -0.2) is 42.0 Å². The number of pyridine rings is 1. The minimum Gasteiger partial charge on any atom is -0.481 e. The number of ether oxygens (including phenoxy) is 1. The van der Waals surface area contributed by atoms with Gasteiger partial charge in [-0.1, -0.05) is 24.3 Å². The maximum absolute atomic E-state index is 12.6. The average Bonchev–Trinajstić information content (AvgIpc) is 2.73. The lowest BCUT2D eigenvalue weighted by Crippen LogP contribution is -2.46. The topological polar surface area (TPSA) is 83.6 Å². The molecule has 2 aromatic rings. The molecule has 142 valence electrons. The number of aromatic nitrogens is 1. The molecule has 1 aromatic carbocycles. The molecule has 0 aliphatic carbocycles. The number of carbonyl (C=O) groups is 2. The number of urea groups is 1. The van der Waals surface area contributed by atoms with Gasteiger partial charge >= 0.3 is 6.03 Å². The summed E-state index contributed by atoms with van der Waals surface area (Å²) in [5, 5.41) is 5.81. The first-order valence-corrected chi connectivity index (χ1v) is 9.04. The van der Waals surface area contributed by atoms with E-state index in [9.17, 15) is 9.59 Å². The van der Waals surface area contributed by atoms with E-state index in [-0.39, 0.29) is 17.9 Å². The van der Waals surface area contributed by atoms with Gasteiger partial charge in [0.2, 0.25) is 11.8 Å². The predicted octanol–water partition coefficient (Wildman–Crippen LogP) is 2.65. The van der Waals surface area contributed by atoms with Gasteiger partial charge in [-0.3, -0.25) is 4.79 Å². The quantitative estimate of drug-likeness (QED) is 0.850. The SMILES string of the molecule is COc1ncccc1CNC(=O)C1CCCN(C(=O)Nc2ccccc2)C1. The van der Waals surface area contributed by atoms with Gasteiger partial charge in [0.25, 0.3) is 0 Å². The monoisotopic (exact) mass is 368 g/mol. The maximum Gasteiger partial charge on any atom is 0.321 e. The Kier molecular flexibility index (Phi) is 6.25. The lowest BCUT2D eigenvalue weighted by atomic mass is 9.97. The Morgan fingerprint density at radius 1 is 1.22 bits per heavy atom. The second-order valence-corrected chi connectivity index (χ2v) is 6.47. The number of rotatable bonds is 5. The Morgan fingerprint density at radius 2 is 2.04 bits per heavy atom. The third kappa shape index (κ3) is 4.97. The highest BCUT2D eigenvalue weighted by Crippen LogP contribution is 2.19. The van der Waals surface area contributed by atoms with Gasteiger partial charge in [0, 0.05) is 37.1 Å². The Balaban J connectivity index is 1.54. The van der Waals surface area contributed by atoms with Crippen LogP contribution >= 0.6 is 0 Å². The second kappa shape index (κ2) is 9.02. The van der Waals surface area contributed by atoms with Gasteiger partial charge in [0.1, 0.15) is 0 Å². The molecule has 7 nitrogen and oxygen atoms in total. The van der Waals surface area contributed by atoms with E-state index < -0.39 is 0 Å². The highest BCUT2D eigenvalue weighted by atomic mass is 16.5. The number of methoxy groups -OCH3 is 1. The van der Waals surface area contributed by atoms with Crippen molar-refractivity contribution in [2.75, 3.05) is 25.5 Å². The fraction of sp³-hybridized carbons (Fsp3) is 0.350. The summed E-state index contributed by atoms with van der Waals surface area (Å²) >= 11 is 0. The van der Waals surface area contributed by atoms with Gasteiger partial charge in [-0.25, -0.2) is 9.78 Å². The van der Waals surface area contributed by atoms with Gasteiger partial charge in [-0.05, 0) is 31.0 Å². The highest BCUT2D eigenvalue weighted by molar-refractivity contribution is 5.90. The minimum absolute atomic E-state index is 0.0573. The highest BCUT2D eigenvalue weighted by Gasteiger charge is 2.28. The predicted molar refractivity (Wildman–Crippen MR) is 102 cm³/mol. The normalized spacial score (nSPS) is 16.5. The molecule has 27 heavy (non-hydrogen) atoms. The van der Waals surface area contributed by atoms with E-state index >= 15 is 0 Å². The summed E-state index contributed by atoms with van der Waals surface area (Å²) < 4.78 is 5.20. The van der Waals surface area contributed by atoms with Crippen molar-refractivity contribution in [1.82, 2.24) is 15.2 Å². The zero-order chi connectivity index (χ0) is 19.1. The number of carbonyl (C=O) groups excluding carboxylic acids is 2. The Bertz CT molecular complexity index is 782. The molecular formula is C20H24N4O3. The van der Waals surface area contributed by atoms with E-state index in [0.29, 0.717) is 25.5 Å². The van der Waals surface area contributed by atoms with E-state index in [0.717, 1.165) is 24.1 Å². The van der Waals surface area contributed by atoms with Crippen LogP contribution in [0, 0.1) is 5.92 Å². The number of nitrogens with one attached hydrogen (secondary N) is 2. The molecule has 2 heterocycles. The number of hydrogen-bond donors (Lipinski definition) is 2. The average molecular weight is 368 g/mol. The van der Waals surface area contributed by atoms with Crippen LogP contribution in [0.3, 0.4) is 0 Å². The third-order valence-corrected chi connectivity index (χ3v) is 4.60. The van der Waals surface area contributed by atoms with Crippen molar-refractivity contribution < 1.29 is 14.3 Å². The fourth-order valence-corrected chi connectivity index (χ4v) is 3.17. The van der Waals surface area contributed by atoms with Crippen LogP contribution in [-0.2, 0) is 11.3 Å². The van der Waals surface area contributed by atoms with Gasteiger partial charge in [0.15, 0.2) is 0 Å². The van der Waals surface area contributed by atoms with Crippen molar-refractivity contribution >= 4 is 17.6 Å². The van der Waals surface area contributed by atoms with Crippen LogP contribution in [0.2, 0.25) is 0 Å². The summed E-state index contributed by atoms with van der Waals surface area (Å²) in [6.07, 6.45) is 3.22. The first-order chi connectivity index (χ1) is 13.2. The number of para-hydroxylation sites is 1. The molecule has 1 saturated heterocycles. The molecule has 1 aliphatic rings. The minimum atomic E-state index is -0.220. The molecule has 1 atom stereocenters. The summed E-state index contributed by atoms with van der Waals surface area (Å²) in [5.74, 6) is 0.228. The summed E-state index contributed by atoms with van der Waals surface area (Å²) in [5.41, 5.74) is 1.57. The number of benzene rings is 1. The number of piperidine rings is 1. The lowest BCUT2D eigenvalue weighted by Gasteiger charge is -2.32. The fourth-order valence-electron chi connectivity index (χ4n) is 3.17. The number of nitrogens with zero attached hydrogens (tertiary/aromatic N) is 2. The zero-order valence-electron chi connectivity index (χ0n) is 15.4. The van der Waals surface area contributed by atoms with Gasteiger partial charge in [-0.2, -0.15) is 0 Å². The van der Waals surface area contributed by atoms with Gasteiger partial charge in [0.05, 0.1) is 13.0 Å². The van der Waals surface area contributed by atoms with E-state index in [1.54, 1.807) is 24.3 Å². The Hall–Kier alpha value is -3.09. The second-order valence-electron chi connectivity index (χ2n) is 6.47. The largest absolute Gasteiger partial charge is 0.481 e. The molecule has 0 spiro atoms. The summed E-state index contributed by atoms with van der Waals surface area (Å²) in [4.78, 5) is 30.9. The molecular weight excluding hydrogens is 344 g/mol. The molecule has 7 heteroatoms. The summed E-state index contributed by atoms with van der Waals surface area (Å²) in [6, 6.07) is 12.8. The standard InChI is InChI=1S/C20H24N4O3/c1-27-19-15(7-5-11-21-19)13-22-18(25)16-8-6-12-24(14-16)20(26)23-17-9-3-2-4-10-17/h2-5,7,9-11,16H,6,8,12-14H2,1H3,(H,22,25)(H,23,26). The maximum atomic E-state index is 12.6. The van der Waals surface area contributed by atoms with Crippen molar-refractivity contribution in [3.05, 3.63) is 54.2 Å². The number of likely N-dealkylation sites (tertiary alicyclic amines) is 1. The van der Waals surface area contributed by atoms with Crippen LogP contribution < -0.4 is 15.4 Å². The van der Waals surface area contributed by atoms with Crippen molar-refractivity contribution in [3.8, 4) is 5.88 Å². The van der Waals surface area contributed by atoms with Crippen LogP contribution in [0.25, 0.3) is 0 Å². The molecule has 1 fully saturated rings. The molecule has 3 amide bonds. The summed E-state index contributed by atoms with van der Waals surface area (Å²) in [7, 11) is 1.55. The van der Waals surface area contributed by atoms with Crippen molar-refractivity contribution in [2.45, 2.75) is 19.4 Å². The molecule has 0 bridgehead atoms. The Morgan fingerprint density at radius 3 is 2.81 bits per heavy atom. The molecule has 1 aliphatic heterocycles. The smallest absolute Gasteiger partial charge is 0.321 e. The van der Waals surface area contributed by atoms with Crippen LogP contribution in [0.15, 0.2) is 48.7 Å². The van der Waals surface area contributed by atoms with Crippen molar-refractivity contribution in [3.63, 3.8) is 0 Å². The van der Waals surface area contributed by atoms with E-state index in [1.165, 1.54) is 0 Å². The first kappa shape index (κ1) is 18.7. The zero-order valence-corrected chi connectivity index (χ0v) is 15.4. The van der Waals surface area contributed by atoms with E-state index in [2.05, 4.69) is 15.6 Å². The van der Waals surface area contributed by atoms with Crippen molar-refractivity contribution in [1.29, 1.82) is 0 Å². The molecule has 1 unspecified atom stereocenters. The number of anilines is 1. The van der Waals surface area contributed by atoms with E-state index in [1.807, 2.05) is 36.4 Å². The molecule has 0 saturated carbocycles. The Labute approximate surface area is 158 Å². The van der Waals surface area contributed by atoms with E-state index in [4.69, 9.17) is 4.74 Å². The molecule has 3 rings (SSSR count). The van der Waals surface area contributed by atoms with Crippen LogP contribution in [0.4, 0.5) is 10.5 Å². The number of hydrogen-bond acceptors (Lipinski definition) is 4. The van der Waals surface area contributed by atoms with Crippen LogP contribution in [0.5, 0.6) is 5.88 Å². The van der Waals surface area contributed by atoms with Gasteiger partial charge in [-0.15, -0.1) is 0 Å². The molecule has 1 aromatic heterocycles. The van der Waals surface area contributed by atoms with Crippen molar-refractivity contribution in [2.24, 2.45) is 5.92 Å². The third-order valence-electron chi connectivity index (χ3n) is 4.60. The van der Waals surface area contributed by atoms with Crippen LogP contribution in [0.1, 0.15) is 18.4 Å². The number of amides is 3. The van der Waals surface area contributed by atoms with Gasteiger partial charge < -0.3 is 20.3 Å². The first-order valence-electron chi connectivity index (χ1n) is 9.04. The molecule has 2 N–H and O–H groups in total.